The molecule has 132 valence electrons. The van der Waals surface area contributed by atoms with Crippen molar-refractivity contribution >= 4 is 11.9 Å². The van der Waals surface area contributed by atoms with Gasteiger partial charge in [-0.15, -0.1) is 0 Å². The Morgan fingerprint density at radius 3 is 1.67 bits per heavy atom. The summed E-state index contributed by atoms with van der Waals surface area (Å²) in [6.07, 6.45) is 13.3. The van der Waals surface area contributed by atoms with Gasteiger partial charge in [-0.1, -0.05) is 12.2 Å². The third-order valence-corrected chi connectivity index (χ3v) is 5.95. The number of ether oxygens (including phenoxy) is 2. The van der Waals surface area contributed by atoms with Gasteiger partial charge in [0.25, 0.3) is 0 Å². The second-order valence-electron chi connectivity index (χ2n) is 8.18. The Hall–Kier alpha value is -1.58. The number of carbonyl (C=O) groups is 2. The molecule has 0 aliphatic heterocycles. The van der Waals surface area contributed by atoms with Crippen LogP contribution in [-0.4, -0.2) is 25.2 Å². The molecule has 0 saturated heterocycles. The lowest BCUT2D eigenvalue weighted by molar-refractivity contribution is -0.174. The molecule has 0 spiro atoms. The van der Waals surface area contributed by atoms with Crippen molar-refractivity contribution in [3.05, 3.63) is 24.3 Å². The van der Waals surface area contributed by atoms with Gasteiger partial charge in [-0.3, -0.25) is 0 Å². The minimum Gasteiger partial charge on any atom is -0.462 e. The molecule has 0 radical (unpaired) electrons. The molecular formula is C20H28O4. The molecule has 4 aliphatic carbocycles. The van der Waals surface area contributed by atoms with Crippen LogP contribution in [0.2, 0.25) is 0 Å². The molecule has 0 aromatic heterocycles. The van der Waals surface area contributed by atoms with E-state index in [4.69, 9.17) is 9.47 Å². The molecule has 4 fully saturated rings. The molecule has 0 atom stereocenters. The van der Waals surface area contributed by atoms with E-state index in [1.165, 1.54) is 18.6 Å². The number of allylic oxidation sites excluding steroid dienone is 2. The minimum absolute atomic E-state index is 0.0916. The molecule has 0 N–H and O–H groups in total. The maximum absolute atomic E-state index is 11.7. The van der Waals surface area contributed by atoms with Crippen molar-refractivity contribution in [1.29, 1.82) is 0 Å². The molecule has 4 aliphatic rings. The van der Waals surface area contributed by atoms with Crippen LogP contribution >= 0.6 is 0 Å². The van der Waals surface area contributed by atoms with Crippen LogP contribution in [0.15, 0.2) is 24.3 Å². The lowest BCUT2D eigenvalue weighted by Gasteiger charge is -2.61. The highest BCUT2D eigenvalue weighted by molar-refractivity contribution is 5.82. The first-order valence-corrected chi connectivity index (χ1v) is 9.07. The summed E-state index contributed by atoms with van der Waals surface area (Å²) in [6.45, 7) is 4.65. The van der Waals surface area contributed by atoms with Crippen LogP contribution in [0.25, 0.3) is 0 Å². The highest BCUT2D eigenvalue weighted by atomic mass is 16.5. The van der Waals surface area contributed by atoms with E-state index in [0.29, 0.717) is 25.0 Å². The van der Waals surface area contributed by atoms with Crippen LogP contribution in [0.4, 0.5) is 0 Å². The van der Waals surface area contributed by atoms with Crippen LogP contribution in [0.5, 0.6) is 0 Å². The summed E-state index contributed by atoms with van der Waals surface area (Å²) in [4.78, 5) is 23.4. The van der Waals surface area contributed by atoms with Crippen molar-refractivity contribution in [2.75, 3.05) is 13.2 Å². The van der Waals surface area contributed by atoms with E-state index in [1.54, 1.807) is 12.2 Å². The first kappa shape index (κ1) is 17.2. The van der Waals surface area contributed by atoms with Crippen LogP contribution in [0.3, 0.4) is 0 Å². The van der Waals surface area contributed by atoms with E-state index in [2.05, 4.69) is 0 Å². The summed E-state index contributed by atoms with van der Waals surface area (Å²) in [5.41, 5.74) is 0.183. The topological polar surface area (TPSA) is 52.6 Å². The first-order valence-electron chi connectivity index (χ1n) is 9.07. The Morgan fingerprint density at radius 1 is 0.875 bits per heavy atom. The van der Waals surface area contributed by atoms with E-state index in [-0.39, 0.29) is 22.8 Å². The Labute approximate surface area is 144 Å². The van der Waals surface area contributed by atoms with Gasteiger partial charge in [0.2, 0.25) is 0 Å². The van der Waals surface area contributed by atoms with Gasteiger partial charge in [-0.2, -0.15) is 0 Å². The summed E-state index contributed by atoms with van der Waals surface area (Å²) in [5, 5.41) is 0. The van der Waals surface area contributed by atoms with E-state index in [9.17, 15) is 9.59 Å². The average Bonchev–Trinajstić information content (AvgIpc) is 2.51. The van der Waals surface area contributed by atoms with Gasteiger partial charge < -0.3 is 9.47 Å². The van der Waals surface area contributed by atoms with Crippen LogP contribution < -0.4 is 0 Å². The van der Waals surface area contributed by atoms with Crippen molar-refractivity contribution in [2.24, 2.45) is 22.7 Å². The third-order valence-electron chi connectivity index (χ3n) is 5.95. The van der Waals surface area contributed by atoms with Crippen molar-refractivity contribution in [1.82, 2.24) is 0 Å². The fourth-order valence-corrected chi connectivity index (χ4v) is 5.80. The average molecular weight is 332 g/mol. The second-order valence-corrected chi connectivity index (χ2v) is 8.18. The standard InChI is InChI=1S/C20H28O4/c1-3-5-17(21)23-13-19-8-15-7-16(9-19)11-20(10-15,12-19)14-24-18(22)6-4-2/h3-6,15-16H,7-14H2,1-2H3. The van der Waals surface area contributed by atoms with E-state index >= 15 is 0 Å². The van der Waals surface area contributed by atoms with Gasteiger partial charge in [-0.05, 0) is 64.2 Å². The van der Waals surface area contributed by atoms with Crippen LogP contribution in [0.1, 0.15) is 52.4 Å². The molecule has 0 aromatic rings. The Morgan fingerprint density at radius 2 is 1.29 bits per heavy atom. The highest BCUT2D eigenvalue weighted by Crippen LogP contribution is 2.65. The molecule has 4 heteroatoms. The molecule has 0 unspecified atom stereocenters. The van der Waals surface area contributed by atoms with Gasteiger partial charge in [0.05, 0.1) is 13.2 Å². The van der Waals surface area contributed by atoms with Crippen molar-refractivity contribution in [3.63, 3.8) is 0 Å². The van der Waals surface area contributed by atoms with Gasteiger partial charge in [0, 0.05) is 23.0 Å². The number of hydrogen-bond donors (Lipinski definition) is 0. The number of esters is 2. The Kier molecular flexibility index (Phi) is 4.84. The normalized spacial score (nSPS) is 37.2. The monoisotopic (exact) mass is 332 g/mol. The van der Waals surface area contributed by atoms with Crippen molar-refractivity contribution in [2.45, 2.75) is 52.4 Å². The molecular weight excluding hydrogens is 304 g/mol. The summed E-state index contributed by atoms with van der Waals surface area (Å²) in [5.74, 6) is 0.878. The van der Waals surface area contributed by atoms with Crippen molar-refractivity contribution < 1.29 is 19.1 Å². The minimum atomic E-state index is -0.248. The Balaban J connectivity index is 1.67. The second kappa shape index (κ2) is 6.73. The largest absolute Gasteiger partial charge is 0.462 e. The maximum atomic E-state index is 11.7. The van der Waals surface area contributed by atoms with E-state index in [0.717, 1.165) is 32.1 Å². The van der Waals surface area contributed by atoms with Crippen LogP contribution in [-0.2, 0) is 19.1 Å². The lowest BCUT2D eigenvalue weighted by atomic mass is 9.44. The molecule has 4 nitrogen and oxygen atoms in total. The van der Waals surface area contributed by atoms with Gasteiger partial charge in [0.1, 0.15) is 0 Å². The number of carbonyl (C=O) groups excluding carboxylic acids is 2. The molecule has 0 amide bonds. The molecule has 0 heterocycles. The zero-order valence-electron chi connectivity index (χ0n) is 14.8. The SMILES string of the molecule is CC=CC(=O)OCC12CC3CC(C1)CC(COC(=O)C=CC)(C3)C2. The zero-order chi connectivity index (χ0) is 17.2. The molecule has 24 heavy (non-hydrogen) atoms. The Bertz CT molecular complexity index is 500. The van der Waals surface area contributed by atoms with Crippen LogP contribution in [0, 0.1) is 22.7 Å². The summed E-state index contributed by atoms with van der Waals surface area (Å²) >= 11 is 0. The lowest BCUT2D eigenvalue weighted by Crippen LogP contribution is -2.55. The molecule has 4 bridgehead atoms. The summed E-state index contributed by atoms with van der Waals surface area (Å²) in [7, 11) is 0. The third kappa shape index (κ3) is 3.57. The smallest absolute Gasteiger partial charge is 0.330 e. The highest BCUT2D eigenvalue weighted by Gasteiger charge is 2.58. The summed E-state index contributed by atoms with van der Waals surface area (Å²) < 4.78 is 11.1. The fourth-order valence-electron chi connectivity index (χ4n) is 5.80. The molecule has 0 aromatic carbocycles. The molecule has 4 rings (SSSR count). The van der Waals surface area contributed by atoms with E-state index in [1.807, 2.05) is 13.8 Å². The molecule has 4 saturated carbocycles. The van der Waals surface area contributed by atoms with Gasteiger partial charge in [-0.25, -0.2) is 9.59 Å². The first-order chi connectivity index (χ1) is 11.5. The van der Waals surface area contributed by atoms with Crippen molar-refractivity contribution in [3.8, 4) is 0 Å². The predicted molar refractivity (Wildman–Crippen MR) is 91.1 cm³/mol. The van der Waals surface area contributed by atoms with Gasteiger partial charge >= 0.3 is 11.9 Å². The fraction of sp³-hybridized carbons (Fsp3) is 0.700. The number of hydrogen-bond acceptors (Lipinski definition) is 4. The summed E-state index contributed by atoms with van der Waals surface area (Å²) in [6, 6.07) is 0. The van der Waals surface area contributed by atoms with E-state index < -0.39 is 0 Å². The maximum Gasteiger partial charge on any atom is 0.330 e. The predicted octanol–water partition coefficient (Wildman–Crippen LogP) is 3.81. The quantitative estimate of drug-likeness (QED) is 0.548. The zero-order valence-corrected chi connectivity index (χ0v) is 14.8. The number of rotatable bonds is 6. The van der Waals surface area contributed by atoms with Gasteiger partial charge in [0.15, 0.2) is 0 Å².